The SMILES string of the molecule is CCc1cc2c(=O)n([C@@H](C)C(=O)c3ccccc3)cnc2s1. The highest BCUT2D eigenvalue weighted by atomic mass is 32.1. The molecule has 1 aromatic carbocycles. The molecule has 0 amide bonds. The molecule has 0 saturated heterocycles. The fourth-order valence-corrected chi connectivity index (χ4v) is 3.33. The van der Waals surface area contributed by atoms with Gasteiger partial charge < -0.3 is 0 Å². The summed E-state index contributed by atoms with van der Waals surface area (Å²) in [5.74, 6) is -0.0882. The number of Topliss-reactive ketones (excluding diaryl/α,β-unsaturated/α-hetero) is 1. The molecule has 22 heavy (non-hydrogen) atoms. The maximum atomic E-state index is 12.6. The second kappa shape index (κ2) is 5.85. The lowest BCUT2D eigenvalue weighted by Gasteiger charge is -2.13. The number of benzene rings is 1. The van der Waals surface area contributed by atoms with E-state index >= 15 is 0 Å². The molecule has 0 N–H and O–H groups in total. The fraction of sp³-hybridized carbons (Fsp3) is 0.235. The van der Waals surface area contributed by atoms with Gasteiger partial charge in [0, 0.05) is 10.4 Å². The zero-order chi connectivity index (χ0) is 15.7. The van der Waals surface area contributed by atoms with Gasteiger partial charge in [-0.15, -0.1) is 11.3 Å². The summed E-state index contributed by atoms with van der Waals surface area (Å²) in [6.07, 6.45) is 2.35. The van der Waals surface area contributed by atoms with Crippen molar-refractivity contribution in [3.63, 3.8) is 0 Å². The predicted molar refractivity (Wildman–Crippen MR) is 88.7 cm³/mol. The molecule has 112 valence electrons. The van der Waals surface area contributed by atoms with Crippen LogP contribution in [0.2, 0.25) is 0 Å². The third-order valence-electron chi connectivity index (χ3n) is 3.73. The first-order valence-corrected chi connectivity index (χ1v) is 8.02. The molecule has 2 aromatic heterocycles. The largest absolute Gasteiger partial charge is 0.292 e. The van der Waals surface area contributed by atoms with Crippen molar-refractivity contribution in [3.05, 3.63) is 63.5 Å². The Morgan fingerprint density at radius 1 is 1.32 bits per heavy atom. The van der Waals surface area contributed by atoms with Crippen LogP contribution in [0.4, 0.5) is 0 Å². The minimum Gasteiger partial charge on any atom is -0.292 e. The van der Waals surface area contributed by atoms with E-state index in [0.717, 1.165) is 16.1 Å². The van der Waals surface area contributed by atoms with E-state index in [1.54, 1.807) is 19.1 Å². The third-order valence-corrected chi connectivity index (χ3v) is 4.92. The Balaban J connectivity index is 2.04. The molecule has 3 aromatic rings. The molecule has 1 atom stereocenters. The number of rotatable bonds is 4. The molecule has 0 aliphatic heterocycles. The van der Waals surface area contributed by atoms with Gasteiger partial charge in [-0.05, 0) is 19.4 Å². The van der Waals surface area contributed by atoms with Crippen LogP contribution in [-0.2, 0) is 6.42 Å². The van der Waals surface area contributed by atoms with E-state index in [2.05, 4.69) is 4.98 Å². The van der Waals surface area contributed by atoms with Crippen molar-refractivity contribution in [1.82, 2.24) is 9.55 Å². The molecule has 0 aliphatic rings. The number of ketones is 1. The Labute approximate surface area is 132 Å². The summed E-state index contributed by atoms with van der Waals surface area (Å²) >= 11 is 1.53. The molecule has 0 fully saturated rings. The van der Waals surface area contributed by atoms with Crippen molar-refractivity contribution in [2.45, 2.75) is 26.3 Å². The first kappa shape index (κ1) is 14.7. The van der Waals surface area contributed by atoms with Crippen molar-refractivity contribution in [2.24, 2.45) is 0 Å². The van der Waals surface area contributed by atoms with Gasteiger partial charge in [0.2, 0.25) is 0 Å². The number of carbonyl (C=O) groups is 1. The van der Waals surface area contributed by atoms with Crippen molar-refractivity contribution in [1.29, 1.82) is 0 Å². The predicted octanol–water partition coefficient (Wildman–Crippen LogP) is 3.46. The molecule has 4 nitrogen and oxygen atoms in total. The molecule has 0 aliphatic carbocycles. The monoisotopic (exact) mass is 312 g/mol. The van der Waals surface area contributed by atoms with Gasteiger partial charge in [0.15, 0.2) is 5.78 Å². The van der Waals surface area contributed by atoms with Crippen molar-refractivity contribution in [2.75, 3.05) is 0 Å². The average molecular weight is 312 g/mol. The molecule has 0 spiro atoms. The zero-order valence-corrected chi connectivity index (χ0v) is 13.3. The van der Waals surface area contributed by atoms with Gasteiger partial charge >= 0.3 is 0 Å². The number of nitrogens with zero attached hydrogens (tertiary/aromatic N) is 2. The summed E-state index contributed by atoms with van der Waals surface area (Å²) in [6.45, 7) is 3.78. The Morgan fingerprint density at radius 2 is 2.05 bits per heavy atom. The number of hydrogen-bond donors (Lipinski definition) is 0. The molecular weight excluding hydrogens is 296 g/mol. The lowest BCUT2D eigenvalue weighted by atomic mass is 10.1. The highest BCUT2D eigenvalue weighted by Gasteiger charge is 2.19. The van der Waals surface area contributed by atoms with Crippen LogP contribution in [0.3, 0.4) is 0 Å². The van der Waals surface area contributed by atoms with E-state index in [4.69, 9.17) is 0 Å². The number of aryl methyl sites for hydroxylation is 1. The second-order valence-electron chi connectivity index (χ2n) is 5.15. The lowest BCUT2D eigenvalue weighted by molar-refractivity contribution is 0.0932. The molecule has 2 heterocycles. The quantitative estimate of drug-likeness (QED) is 0.693. The minimum atomic E-state index is -0.572. The Kier molecular flexibility index (Phi) is 3.90. The molecule has 5 heteroatoms. The number of fused-ring (bicyclic) bond motifs is 1. The van der Waals surface area contributed by atoms with Gasteiger partial charge in [0.25, 0.3) is 5.56 Å². The summed E-state index contributed by atoms with van der Waals surface area (Å²) in [7, 11) is 0. The van der Waals surface area contributed by atoms with E-state index in [-0.39, 0.29) is 11.3 Å². The summed E-state index contributed by atoms with van der Waals surface area (Å²) in [5, 5.41) is 0.595. The van der Waals surface area contributed by atoms with Crippen LogP contribution >= 0.6 is 11.3 Å². The Bertz CT molecular complexity index is 881. The van der Waals surface area contributed by atoms with Gasteiger partial charge in [-0.1, -0.05) is 37.3 Å². The maximum Gasteiger partial charge on any atom is 0.262 e. The van der Waals surface area contributed by atoms with E-state index in [1.807, 2.05) is 31.2 Å². The van der Waals surface area contributed by atoms with Crippen LogP contribution in [-0.4, -0.2) is 15.3 Å². The summed E-state index contributed by atoms with van der Waals surface area (Å²) in [6, 6.07) is 10.3. The van der Waals surface area contributed by atoms with E-state index < -0.39 is 6.04 Å². The van der Waals surface area contributed by atoms with Crippen molar-refractivity contribution < 1.29 is 4.79 Å². The maximum absolute atomic E-state index is 12.6. The third kappa shape index (κ3) is 2.48. The van der Waals surface area contributed by atoms with Crippen molar-refractivity contribution >= 4 is 27.3 Å². The normalized spacial score (nSPS) is 12.5. The second-order valence-corrected chi connectivity index (χ2v) is 6.26. The van der Waals surface area contributed by atoms with Crippen molar-refractivity contribution in [3.8, 4) is 0 Å². The lowest BCUT2D eigenvalue weighted by Crippen LogP contribution is -2.28. The molecule has 3 rings (SSSR count). The standard InChI is InChI=1S/C17H16N2O2S/c1-3-13-9-14-16(22-13)18-10-19(17(14)21)11(2)15(20)12-7-5-4-6-8-12/h4-11H,3H2,1-2H3/t11-/m0/s1. The summed E-state index contributed by atoms with van der Waals surface area (Å²) in [5.41, 5.74) is 0.444. The average Bonchev–Trinajstić information content (AvgIpc) is 2.99. The Hall–Kier alpha value is -2.27. The highest BCUT2D eigenvalue weighted by molar-refractivity contribution is 7.18. The van der Waals surface area contributed by atoms with Gasteiger partial charge in [-0.2, -0.15) is 0 Å². The highest BCUT2D eigenvalue weighted by Crippen LogP contribution is 2.22. The smallest absolute Gasteiger partial charge is 0.262 e. The number of carbonyl (C=O) groups excluding carboxylic acids is 1. The molecule has 0 bridgehead atoms. The van der Waals surface area contributed by atoms with Crippen LogP contribution in [0.25, 0.3) is 10.2 Å². The Morgan fingerprint density at radius 3 is 2.73 bits per heavy atom. The number of aromatic nitrogens is 2. The molecular formula is C17H16N2O2S. The fourth-order valence-electron chi connectivity index (χ4n) is 2.41. The van der Waals surface area contributed by atoms with Gasteiger partial charge in [-0.3, -0.25) is 14.2 Å². The van der Waals surface area contributed by atoms with Gasteiger partial charge in [0.1, 0.15) is 4.83 Å². The van der Waals surface area contributed by atoms with E-state index in [9.17, 15) is 9.59 Å². The topological polar surface area (TPSA) is 52.0 Å². The van der Waals surface area contributed by atoms with Gasteiger partial charge in [-0.25, -0.2) is 4.98 Å². The molecule has 0 unspecified atom stereocenters. The van der Waals surface area contributed by atoms with E-state index in [0.29, 0.717) is 10.9 Å². The molecule has 0 radical (unpaired) electrons. The zero-order valence-electron chi connectivity index (χ0n) is 12.4. The molecule has 0 saturated carbocycles. The van der Waals surface area contributed by atoms with E-state index in [1.165, 1.54) is 22.2 Å². The van der Waals surface area contributed by atoms with Crippen LogP contribution in [0.1, 0.15) is 35.1 Å². The first-order chi connectivity index (χ1) is 10.6. The minimum absolute atomic E-state index is 0.0882. The van der Waals surface area contributed by atoms with Crippen LogP contribution < -0.4 is 5.56 Å². The van der Waals surface area contributed by atoms with Crippen LogP contribution in [0, 0.1) is 0 Å². The van der Waals surface area contributed by atoms with Crippen LogP contribution in [0.15, 0.2) is 47.5 Å². The first-order valence-electron chi connectivity index (χ1n) is 7.20. The summed E-state index contributed by atoms with van der Waals surface area (Å²) < 4.78 is 1.42. The van der Waals surface area contributed by atoms with Gasteiger partial charge in [0.05, 0.1) is 17.8 Å². The number of thiophene rings is 1. The van der Waals surface area contributed by atoms with Crippen LogP contribution in [0.5, 0.6) is 0 Å². The summed E-state index contributed by atoms with van der Waals surface area (Å²) in [4.78, 5) is 31.3. The number of hydrogen-bond acceptors (Lipinski definition) is 4.